The third-order valence-corrected chi connectivity index (χ3v) is 3.27. The summed E-state index contributed by atoms with van der Waals surface area (Å²) in [5.74, 6) is -1.15. The van der Waals surface area contributed by atoms with Crippen LogP contribution in [0.25, 0.3) is 0 Å². The molecule has 2 N–H and O–H groups in total. The van der Waals surface area contributed by atoms with Gasteiger partial charge in [0.25, 0.3) is 0 Å². The molecule has 0 aromatic heterocycles. The summed E-state index contributed by atoms with van der Waals surface area (Å²) >= 11 is 0. The van der Waals surface area contributed by atoms with Gasteiger partial charge in [-0.05, 0) is 18.2 Å². The minimum atomic E-state index is -3.58. The second-order valence-corrected chi connectivity index (χ2v) is 4.60. The Hall–Kier alpha value is -1.40. The molecule has 15 heavy (non-hydrogen) atoms. The van der Waals surface area contributed by atoms with Crippen molar-refractivity contribution in [2.75, 3.05) is 6.54 Å². The van der Waals surface area contributed by atoms with Crippen LogP contribution >= 0.6 is 0 Å². The van der Waals surface area contributed by atoms with Gasteiger partial charge in [-0.3, -0.25) is 0 Å². The van der Waals surface area contributed by atoms with Gasteiger partial charge in [-0.2, -0.15) is 0 Å². The highest BCUT2D eigenvalue weighted by Gasteiger charge is 2.14. The standard InChI is InChI=1S/C9H11NO4S/c1-2-10-15(13,14)8-5-3-4-7(6-8)9(11)12/h3-6,10H,2H2,1H3,(H,11,12). The maximum atomic E-state index is 11.5. The Morgan fingerprint density at radius 1 is 1.47 bits per heavy atom. The highest BCUT2D eigenvalue weighted by atomic mass is 32.2. The lowest BCUT2D eigenvalue weighted by Gasteiger charge is -2.04. The van der Waals surface area contributed by atoms with E-state index in [0.717, 1.165) is 6.07 Å². The molecule has 0 spiro atoms. The fourth-order valence-electron chi connectivity index (χ4n) is 1.07. The van der Waals surface area contributed by atoms with E-state index in [1.807, 2.05) is 0 Å². The summed E-state index contributed by atoms with van der Waals surface area (Å²) in [7, 11) is -3.58. The highest BCUT2D eigenvalue weighted by molar-refractivity contribution is 7.89. The molecule has 82 valence electrons. The van der Waals surface area contributed by atoms with Crippen molar-refractivity contribution in [3.8, 4) is 0 Å². The number of aromatic carboxylic acids is 1. The van der Waals surface area contributed by atoms with Crippen molar-refractivity contribution < 1.29 is 18.3 Å². The van der Waals surface area contributed by atoms with Gasteiger partial charge in [-0.25, -0.2) is 17.9 Å². The van der Waals surface area contributed by atoms with Crippen LogP contribution in [0.5, 0.6) is 0 Å². The van der Waals surface area contributed by atoms with Gasteiger partial charge in [-0.1, -0.05) is 13.0 Å². The van der Waals surface area contributed by atoms with E-state index in [4.69, 9.17) is 5.11 Å². The Morgan fingerprint density at radius 3 is 2.67 bits per heavy atom. The first-order valence-electron chi connectivity index (χ1n) is 4.30. The van der Waals surface area contributed by atoms with Crippen molar-refractivity contribution in [1.82, 2.24) is 4.72 Å². The number of carboxylic acids is 1. The van der Waals surface area contributed by atoms with Gasteiger partial charge in [-0.15, -0.1) is 0 Å². The molecule has 0 unspecified atom stereocenters. The second kappa shape index (κ2) is 4.41. The van der Waals surface area contributed by atoms with Crippen LogP contribution in [0.3, 0.4) is 0 Å². The third-order valence-electron chi connectivity index (χ3n) is 1.73. The molecular weight excluding hydrogens is 218 g/mol. The van der Waals surface area contributed by atoms with Crippen LogP contribution in [0.15, 0.2) is 29.2 Å². The minimum Gasteiger partial charge on any atom is -0.478 e. The van der Waals surface area contributed by atoms with E-state index in [1.54, 1.807) is 6.92 Å². The zero-order valence-electron chi connectivity index (χ0n) is 8.10. The van der Waals surface area contributed by atoms with Gasteiger partial charge in [0.05, 0.1) is 10.5 Å². The highest BCUT2D eigenvalue weighted by Crippen LogP contribution is 2.11. The predicted molar refractivity (Wildman–Crippen MR) is 54.3 cm³/mol. The first-order valence-corrected chi connectivity index (χ1v) is 5.78. The molecule has 1 rings (SSSR count). The largest absolute Gasteiger partial charge is 0.478 e. The van der Waals surface area contributed by atoms with Crippen LogP contribution in [0.4, 0.5) is 0 Å². The van der Waals surface area contributed by atoms with Crippen molar-refractivity contribution >= 4 is 16.0 Å². The van der Waals surface area contributed by atoms with E-state index in [-0.39, 0.29) is 17.0 Å². The van der Waals surface area contributed by atoms with Crippen molar-refractivity contribution in [3.05, 3.63) is 29.8 Å². The van der Waals surface area contributed by atoms with E-state index < -0.39 is 16.0 Å². The molecule has 1 aromatic rings. The summed E-state index contributed by atoms with van der Waals surface area (Å²) in [6.07, 6.45) is 0. The third kappa shape index (κ3) is 2.77. The summed E-state index contributed by atoms with van der Waals surface area (Å²) in [6.45, 7) is 1.91. The second-order valence-electron chi connectivity index (χ2n) is 2.83. The Bertz CT molecular complexity index is 467. The smallest absolute Gasteiger partial charge is 0.335 e. The average Bonchev–Trinajstić information content (AvgIpc) is 2.18. The molecular formula is C9H11NO4S. The number of rotatable bonds is 4. The normalized spacial score (nSPS) is 11.3. The number of hydrogen-bond donors (Lipinski definition) is 2. The van der Waals surface area contributed by atoms with Crippen molar-refractivity contribution in [2.45, 2.75) is 11.8 Å². The first kappa shape index (κ1) is 11.7. The topological polar surface area (TPSA) is 83.5 Å². The van der Waals surface area contributed by atoms with E-state index in [1.165, 1.54) is 18.2 Å². The first-order chi connectivity index (χ1) is 6.97. The number of carbonyl (C=O) groups is 1. The molecule has 0 aliphatic rings. The lowest BCUT2D eigenvalue weighted by atomic mass is 10.2. The molecule has 0 aliphatic carbocycles. The number of sulfonamides is 1. The van der Waals surface area contributed by atoms with E-state index >= 15 is 0 Å². The number of hydrogen-bond acceptors (Lipinski definition) is 3. The van der Waals surface area contributed by atoms with Gasteiger partial charge in [0.15, 0.2) is 0 Å². The maximum Gasteiger partial charge on any atom is 0.335 e. The lowest BCUT2D eigenvalue weighted by Crippen LogP contribution is -2.23. The van der Waals surface area contributed by atoms with E-state index in [0.29, 0.717) is 0 Å². The molecule has 6 heteroatoms. The molecule has 0 aliphatic heterocycles. The molecule has 0 bridgehead atoms. The van der Waals surface area contributed by atoms with E-state index in [9.17, 15) is 13.2 Å². The average molecular weight is 229 g/mol. The summed E-state index contributed by atoms with van der Waals surface area (Å²) in [4.78, 5) is 10.6. The Kier molecular flexibility index (Phi) is 3.43. The van der Waals surface area contributed by atoms with Crippen LogP contribution in [0, 0.1) is 0 Å². The zero-order valence-corrected chi connectivity index (χ0v) is 8.91. The van der Waals surface area contributed by atoms with Crippen molar-refractivity contribution in [1.29, 1.82) is 0 Å². The van der Waals surface area contributed by atoms with Crippen molar-refractivity contribution in [2.24, 2.45) is 0 Å². The lowest BCUT2D eigenvalue weighted by molar-refractivity contribution is 0.0696. The summed E-state index contributed by atoms with van der Waals surface area (Å²) in [5, 5.41) is 8.69. The quantitative estimate of drug-likeness (QED) is 0.795. The molecule has 0 saturated heterocycles. The van der Waals surface area contributed by atoms with E-state index in [2.05, 4.69) is 4.72 Å². The maximum absolute atomic E-state index is 11.5. The SMILES string of the molecule is CCNS(=O)(=O)c1cccc(C(=O)O)c1. The Balaban J connectivity index is 3.16. The van der Waals surface area contributed by atoms with Gasteiger partial charge >= 0.3 is 5.97 Å². The molecule has 0 heterocycles. The van der Waals surface area contributed by atoms with Gasteiger partial charge in [0.1, 0.15) is 0 Å². The zero-order chi connectivity index (χ0) is 11.5. The van der Waals surface area contributed by atoms with Gasteiger partial charge in [0.2, 0.25) is 10.0 Å². The summed E-state index contributed by atoms with van der Waals surface area (Å²) in [6, 6.07) is 5.21. The van der Waals surface area contributed by atoms with Crippen LogP contribution in [-0.2, 0) is 10.0 Å². The van der Waals surface area contributed by atoms with Gasteiger partial charge < -0.3 is 5.11 Å². The van der Waals surface area contributed by atoms with Crippen LogP contribution in [-0.4, -0.2) is 26.0 Å². The monoisotopic (exact) mass is 229 g/mol. The Labute approximate surface area is 87.8 Å². The minimum absolute atomic E-state index is 0.0377. The molecule has 0 fully saturated rings. The Morgan fingerprint density at radius 2 is 2.13 bits per heavy atom. The molecule has 5 nitrogen and oxygen atoms in total. The van der Waals surface area contributed by atoms with Crippen molar-refractivity contribution in [3.63, 3.8) is 0 Å². The summed E-state index contributed by atoms with van der Waals surface area (Å²) in [5.41, 5.74) is -0.0472. The van der Waals surface area contributed by atoms with Crippen LogP contribution in [0.2, 0.25) is 0 Å². The molecule has 0 saturated carbocycles. The molecule has 0 amide bonds. The molecule has 0 radical (unpaired) electrons. The molecule has 1 aromatic carbocycles. The van der Waals surface area contributed by atoms with Crippen LogP contribution < -0.4 is 4.72 Å². The van der Waals surface area contributed by atoms with Gasteiger partial charge in [0, 0.05) is 6.54 Å². The fraction of sp³-hybridized carbons (Fsp3) is 0.222. The summed E-state index contributed by atoms with van der Waals surface area (Å²) < 4.78 is 25.3. The number of carboxylic acid groups (broad SMARTS) is 1. The number of nitrogens with one attached hydrogen (secondary N) is 1. The predicted octanol–water partition coefficient (Wildman–Crippen LogP) is 0.683. The van der Waals surface area contributed by atoms with Crippen LogP contribution in [0.1, 0.15) is 17.3 Å². The molecule has 0 atom stereocenters. The number of benzene rings is 1. The fourth-order valence-corrected chi connectivity index (χ4v) is 2.16.